The van der Waals surface area contributed by atoms with Gasteiger partial charge < -0.3 is 9.72 Å². The third-order valence-corrected chi connectivity index (χ3v) is 3.45. The number of aromatic nitrogens is 2. The molecule has 1 aliphatic heterocycles. The molecule has 0 atom stereocenters. The fraction of sp³-hybridized carbons (Fsp3) is 0.143. The van der Waals surface area contributed by atoms with Crippen molar-refractivity contribution in [1.82, 2.24) is 15.3 Å². The van der Waals surface area contributed by atoms with Crippen molar-refractivity contribution in [3.63, 3.8) is 0 Å². The van der Waals surface area contributed by atoms with Crippen LogP contribution in [-0.2, 0) is 9.53 Å². The van der Waals surface area contributed by atoms with Gasteiger partial charge in [-0.15, -0.1) is 0 Å². The first kappa shape index (κ1) is 12.9. The molecule has 20 heavy (non-hydrogen) atoms. The highest BCUT2D eigenvalue weighted by molar-refractivity contribution is 9.10. The standard InChI is InChI=1S/C14H11BrN3O2/c1-2-20-14(19)12-10(8-3-5-9(15)6-4-8)11-13(18-12)17-7-16-11/h3-7H,2H2,1H3,(H,16,17). The fourth-order valence-electron chi connectivity index (χ4n) is 2.08. The number of nitrogens with one attached hydrogen (secondary N) is 1. The van der Waals surface area contributed by atoms with Crippen LogP contribution in [0.4, 0.5) is 5.82 Å². The molecule has 2 aromatic rings. The number of esters is 1. The highest BCUT2D eigenvalue weighted by Crippen LogP contribution is 2.37. The largest absolute Gasteiger partial charge is 0.461 e. The van der Waals surface area contributed by atoms with Crippen LogP contribution in [0.1, 0.15) is 18.2 Å². The zero-order valence-corrected chi connectivity index (χ0v) is 12.3. The number of hydrogen-bond donors (Lipinski definition) is 1. The van der Waals surface area contributed by atoms with E-state index in [0.29, 0.717) is 18.1 Å². The van der Waals surface area contributed by atoms with Gasteiger partial charge in [0.15, 0.2) is 11.5 Å². The Morgan fingerprint density at radius 1 is 1.35 bits per heavy atom. The summed E-state index contributed by atoms with van der Waals surface area (Å²) in [5, 5.41) is 4.26. The number of benzene rings is 1. The Kier molecular flexibility index (Phi) is 3.31. The van der Waals surface area contributed by atoms with Gasteiger partial charge in [-0.1, -0.05) is 28.1 Å². The average Bonchev–Trinajstić information content (AvgIpc) is 3.00. The number of fused-ring (bicyclic) bond motifs is 1. The minimum absolute atomic E-state index is 0.295. The van der Waals surface area contributed by atoms with E-state index < -0.39 is 5.97 Å². The quantitative estimate of drug-likeness (QED) is 0.878. The van der Waals surface area contributed by atoms with Crippen molar-refractivity contribution in [3.8, 4) is 0 Å². The molecule has 1 aromatic heterocycles. The van der Waals surface area contributed by atoms with Gasteiger partial charge in [-0.05, 0) is 24.6 Å². The molecule has 0 spiro atoms. The van der Waals surface area contributed by atoms with Crippen molar-refractivity contribution >= 4 is 33.3 Å². The Bertz CT molecular complexity index is 689. The summed E-state index contributed by atoms with van der Waals surface area (Å²) in [6, 6.07) is 7.67. The Balaban J connectivity index is 2.11. The van der Waals surface area contributed by atoms with Gasteiger partial charge in [0.1, 0.15) is 0 Å². The smallest absolute Gasteiger partial charge is 0.357 e. The number of nitrogens with zero attached hydrogens (tertiary/aromatic N) is 2. The van der Waals surface area contributed by atoms with Crippen molar-refractivity contribution in [1.29, 1.82) is 0 Å². The number of hydrogen-bond acceptors (Lipinski definition) is 3. The Hall–Kier alpha value is -2.08. The monoisotopic (exact) mass is 332 g/mol. The summed E-state index contributed by atoms with van der Waals surface area (Å²) in [4.78, 5) is 19.2. The van der Waals surface area contributed by atoms with Gasteiger partial charge in [0, 0.05) is 10.0 Å². The van der Waals surface area contributed by atoms with Crippen molar-refractivity contribution in [3.05, 3.63) is 52.0 Å². The predicted octanol–water partition coefficient (Wildman–Crippen LogP) is 2.74. The van der Waals surface area contributed by atoms with Crippen LogP contribution < -0.4 is 5.32 Å². The lowest BCUT2D eigenvalue weighted by atomic mass is 10.0. The summed E-state index contributed by atoms with van der Waals surface area (Å²) < 4.78 is 6.03. The zero-order valence-electron chi connectivity index (χ0n) is 10.7. The molecular formula is C14H11BrN3O2. The second-order valence-electron chi connectivity index (χ2n) is 4.16. The van der Waals surface area contributed by atoms with Crippen LogP contribution in [0.3, 0.4) is 0 Å². The molecule has 0 aliphatic carbocycles. The first-order chi connectivity index (χ1) is 9.70. The van der Waals surface area contributed by atoms with Gasteiger partial charge in [0.25, 0.3) is 0 Å². The van der Waals surface area contributed by atoms with Crippen molar-refractivity contribution in [2.75, 3.05) is 6.61 Å². The fourth-order valence-corrected chi connectivity index (χ4v) is 2.35. The molecule has 1 aromatic carbocycles. The lowest BCUT2D eigenvalue weighted by molar-refractivity contribution is -0.138. The molecule has 0 unspecified atom stereocenters. The van der Waals surface area contributed by atoms with Gasteiger partial charge in [-0.2, -0.15) is 0 Å². The number of imidazole rings is 1. The molecule has 0 fully saturated rings. The van der Waals surface area contributed by atoms with Crippen molar-refractivity contribution < 1.29 is 9.53 Å². The summed E-state index contributed by atoms with van der Waals surface area (Å²) >= 11 is 3.40. The van der Waals surface area contributed by atoms with Crippen LogP contribution in [-0.4, -0.2) is 22.5 Å². The second-order valence-corrected chi connectivity index (χ2v) is 5.08. The maximum absolute atomic E-state index is 12.0. The average molecular weight is 333 g/mol. The maximum atomic E-state index is 12.0. The van der Waals surface area contributed by atoms with Crippen molar-refractivity contribution in [2.45, 2.75) is 6.92 Å². The highest BCUT2D eigenvalue weighted by atomic mass is 79.9. The third kappa shape index (κ3) is 2.12. The van der Waals surface area contributed by atoms with Crippen molar-refractivity contribution in [2.24, 2.45) is 0 Å². The minimum atomic E-state index is -0.434. The summed E-state index contributed by atoms with van der Waals surface area (Å²) in [7, 11) is 0. The van der Waals surface area contributed by atoms with E-state index in [1.807, 2.05) is 24.3 Å². The molecule has 1 N–H and O–H groups in total. The van der Waals surface area contributed by atoms with Gasteiger partial charge in [-0.25, -0.2) is 15.1 Å². The lowest BCUT2D eigenvalue weighted by Gasteiger charge is -2.06. The molecule has 0 amide bonds. The van der Waals surface area contributed by atoms with Gasteiger partial charge in [0.05, 0.1) is 18.6 Å². The molecule has 2 heterocycles. The Morgan fingerprint density at radius 3 is 2.80 bits per heavy atom. The minimum Gasteiger partial charge on any atom is -0.461 e. The molecule has 6 heteroatoms. The van der Waals surface area contributed by atoms with E-state index in [9.17, 15) is 4.79 Å². The number of carbonyl (C=O) groups is 1. The summed E-state index contributed by atoms with van der Waals surface area (Å²) in [6.45, 7) is 2.08. The third-order valence-electron chi connectivity index (χ3n) is 2.93. The van der Waals surface area contributed by atoms with E-state index in [1.165, 1.54) is 0 Å². The molecule has 101 valence electrons. The second kappa shape index (κ2) is 5.13. The lowest BCUT2D eigenvalue weighted by Crippen LogP contribution is -2.13. The molecular weight excluding hydrogens is 322 g/mol. The molecule has 1 radical (unpaired) electrons. The van der Waals surface area contributed by atoms with Gasteiger partial charge in [0.2, 0.25) is 0 Å². The summed E-state index contributed by atoms with van der Waals surface area (Å²) in [5.74, 6) is 0.0859. The van der Waals surface area contributed by atoms with Crippen LogP contribution in [0.15, 0.2) is 40.8 Å². The van der Waals surface area contributed by atoms with Crippen LogP contribution in [0.2, 0.25) is 0 Å². The van der Waals surface area contributed by atoms with E-state index in [1.54, 1.807) is 13.3 Å². The van der Waals surface area contributed by atoms with Crippen LogP contribution in [0.25, 0.3) is 5.57 Å². The molecule has 1 aliphatic rings. The molecule has 0 bridgehead atoms. The maximum Gasteiger partial charge on any atom is 0.357 e. The molecule has 3 rings (SSSR count). The van der Waals surface area contributed by atoms with E-state index in [0.717, 1.165) is 21.3 Å². The summed E-state index contributed by atoms with van der Waals surface area (Å²) in [5.41, 5.74) is 2.66. The number of ether oxygens (including phenoxy) is 1. The van der Waals surface area contributed by atoms with E-state index in [4.69, 9.17) is 4.74 Å². The van der Waals surface area contributed by atoms with Crippen LogP contribution >= 0.6 is 15.9 Å². The normalized spacial score (nSPS) is 13.1. The number of rotatable bonds is 3. The topological polar surface area (TPSA) is 69.1 Å². The van der Waals surface area contributed by atoms with E-state index in [-0.39, 0.29) is 0 Å². The Labute approximate surface area is 124 Å². The summed E-state index contributed by atoms with van der Waals surface area (Å²) in [6.07, 6.45) is 1.56. The van der Waals surface area contributed by atoms with E-state index >= 15 is 0 Å². The highest BCUT2D eigenvalue weighted by Gasteiger charge is 2.31. The predicted molar refractivity (Wildman–Crippen MR) is 77.2 cm³/mol. The molecule has 0 saturated heterocycles. The molecule has 5 nitrogen and oxygen atoms in total. The van der Waals surface area contributed by atoms with Gasteiger partial charge in [-0.3, -0.25) is 0 Å². The number of H-pyrrole nitrogens is 1. The van der Waals surface area contributed by atoms with E-state index in [2.05, 4.69) is 31.2 Å². The number of halogens is 1. The first-order valence-electron chi connectivity index (χ1n) is 6.13. The number of aromatic amines is 1. The van der Waals surface area contributed by atoms with Gasteiger partial charge >= 0.3 is 5.97 Å². The first-order valence-corrected chi connectivity index (χ1v) is 6.93. The Morgan fingerprint density at radius 2 is 2.10 bits per heavy atom. The zero-order chi connectivity index (χ0) is 14.1. The van der Waals surface area contributed by atoms with Crippen LogP contribution in [0, 0.1) is 0 Å². The molecule has 0 saturated carbocycles. The number of carbonyl (C=O) groups excluding carboxylic acids is 1. The van der Waals surface area contributed by atoms with Crippen LogP contribution in [0.5, 0.6) is 0 Å². The SMILES string of the molecule is CCOC(=O)C1=C(c2ccc(Br)cc2)c2[nH]cnc2[N]1.